The van der Waals surface area contributed by atoms with Gasteiger partial charge in [0.25, 0.3) is 0 Å². The molecule has 0 unspecified atom stereocenters. The molecule has 0 fully saturated rings. The van der Waals surface area contributed by atoms with Gasteiger partial charge in [0.1, 0.15) is 29.5 Å². The summed E-state index contributed by atoms with van der Waals surface area (Å²) in [4.78, 5) is 9.13. The summed E-state index contributed by atoms with van der Waals surface area (Å²) in [5.74, 6) is 2.01. The minimum atomic E-state index is 0. The van der Waals surface area contributed by atoms with Crippen molar-refractivity contribution in [1.82, 2.24) is 19.1 Å². The second-order valence-electron chi connectivity index (χ2n) is 10.7. The van der Waals surface area contributed by atoms with Crippen LogP contribution in [-0.4, -0.2) is 27.5 Å². The van der Waals surface area contributed by atoms with Gasteiger partial charge < -0.3 is 73.0 Å². The number of hydrogen-bond acceptors (Lipinski definition) is 3. The number of rotatable bonds is 6. The van der Waals surface area contributed by atoms with Crippen LogP contribution in [0.2, 0.25) is 0 Å². The van der Waals surface area contributed by atoms with Gasteiger partial charge in [0.2, 0.25) is 0 Å². The second kappa shape index (κ2) is 21.5. The molecule has 5 aromatic rings. The van der Waals surface area contributed by atoms with Crippen LogP contribution in [-0.2, 0) is 40.8 Å². The summed E-state index contributed by atoms with van der Waals surface area (Å²) in [6.07, 6.45) is 7.73. The summed E-state index contributed by atoms with van der Waals surface area (Å²) in [6, 6.07) is 24.5. The van der Waals surface area contributed by atoms with Crippen LogP contribution in [0.25, 0.3) is 22.3 Å². The topological polar surface area (TPSA) is 52.0 Å². The number of pyridine rings is 2. The van der Waals surface area contributed by atoms with Gasteiger partial charge in [0.15, 0.2) is 0 Å². The van der Waals surface area contributed by atoms with E-state index < -0.39 is 0 Å². The van der Waals surface area contributed by atoms with E-state index in [9.17, 15) is 5.11 Å². The molecule has 0 atom stereocenters. The van der Waals surface area contributed by atoms with Crippen molar-refractivity contribution in [2.45, 2.75) is 48.5 Å². The molecular weight excluding hydrogens is 1050 g/mol. The monoisotopic (exact) mass is 1080 g/mol. The molecular formula is C37H38Br4N4OPd2+2. The third-order valence-corrected chi connectivity index (χ3v) is 7.79. The van der Waals surface area contributed by atoms with Crippen molar-refractivity contribution in [3.63, 3.8) is 0 Å². The summed E-state index contributed by atoms with van der Waals surface area (Å²) >= 11 is 0. The summed E-state index contributed by atoms with van der Waals surface area (Å²) in [5.41, 5.74) is 12.1. The van der Waals surface area contributed by atoms with Crippen molar-refractivity contribution < 1.29 is 114 Å². The van der Waals surface area contributed by atoms with E-state index in [-0.39, 0.29) is 115 Å². The Balaban J connectivity index is 0. The summed E-state index contributed by atoms with van der Waals surface area (Å²) in [6.45, 7) is 14.7. The molecule has 48 heavy (non-hydrogen) atoms. The molecule has 0 aliphatic carbocycles. The van der Waals surface area contributed by atoms with Crippen molar-refractivity contribution in [2.75, 3.05) is 0 Å². The Bertz CT molecular complexity index is 1690. The fourth-order valence-corrected chi connectivity index (χ4v) is 6.03. The van der Waals surface area contributed by atoms with Crippen molar-refractivity contribution >= 4 is 35.4 Å². The van der Waals surface area contributed by atoms with Gasteiger partial charge in [-0.1, -0.05) is 12.1 Å². The maximum atomic E-state index is 10.9. The van der Waals surface area contributed by atoms with E-state index in [2.05, 4.69) is 90.4 Å². The standard InChI is InChI=1S/C37H37N4O.4BrH.2Pd/c1-8-40(34-14-10-12-16-38-34)36-24(3)18-29(19-25(36)4)32-22-31(42)23-33(28(32)7)30-20-26(5)37(27(6)21-30)41(9-2)35-15-11-13-17-39-35;;;;;;/h8-23H,1-7H3;4*1H;;/q+1;;;;;2*+2/p-3. The van der Waals surface area contributed by atoms with Crippen LogP contribution in [0.1, 0.15) is 41.7 Å². The molecule has 2 aromatic heterocycles. The minimum absolute atomic E-state index is 0. The second-order valence-corrected chi connectivity index (χ2v) is 10.7. The van der Waals surface area contributed by atoms with Crippen molar-refractivity contribution in [3.05, 3.63) is 113 Å². The summed E-state index contributed by atoms with van der Waals surface area (Å²) in [5, 5.41) is 10.9. The van der Waals surface area contributed by atoms with Crippen molar-refractivity contribution in [1.29, 1.82) is 0 Å². The molecule has 0 bridgehead atoms. The normalized spacial score (nSPS) is 10.6. The molecule has 0 saturated heterocycles. The van der Waals surface area contributed by atoms with Gasteiger partial charge in [-0.25, -0.2) is 9.15 Å². The number of phenolic OH excluding ortho intramolecular Hbond substituents is 1. The molecule has 2 heterocycles. The van der Waals surface area contributed by atoms with Crippen LogP contribution >= 0.6 is 0 Å². The van der Waals surface area contributed by atoms with Gasteiger partial charge in [0.05, 0.1) is 12.4 Å². The third-order valence-electron chi connectivity index (χ3n) is 7.79. The molecule has 5 nitrogen and oxygen atoms in total. The predicted octanol–water partition coefficient (Wildman–Crippen LogP) is -3.08. The average Bonchev–Trinajstić information content (AvgIpc) is 2.98. The number of nitrogens with zero attached hydrogens (tertiary/aromatic N) is 4. The first kappa shape index (κ1) is 48.5. The largest absolute Gasteiger partial charge is 2.00 e. The molecule has 258 valence electrons. The molecule has 3 aromatic carbocycles. The van der Waals surface area contributed by atoms with Gasteiger partial charge in [-0.15, -0.1) is 0 Å². The Morgan fingerprint density at radius 3 is 1.15 bits per heavy atom. The first-order chi connectivity index (χ1) is 20.2. The number of aromatic nitrogens is 2. The minimum Gasteiger partial charge on any atom is -1.00 e. The number of benzene rings is 3. The van der Waals surface area contributed by atoms with Gasteiger partial charge in [-0.2, -0.15) is 0 Å². The van der Waals surface area contributed by atoms with Gasteiger partial charge in [-0.3, -0.25) is 0 Å². The number of phenols is 1. The SMILES string of the molecule is CC=[N+](c1ccccn1)c1c(C)cc(-c2cc(O)cc(-c3cc(C)c([N+](=CC)c4ccccn4)c(C)c3)c2C)cc1C.[Br-].[Br-].[Br-].[Br-].[Pd+2].[Pd+2]. The molecule has 0 spiro atoms. The number of aromatic hydroxyl groups is 1. The quantitative estimate of drug-likeness (QED) is 0.112. The van der Waals surface area contributed by atoms with Crippen LogP contribution < -0.4 is 77.1 Å². The summed E-state index contributed by atoms with van der Waals surface area (Å²) < 4.78 is 4.26. The molecule has 0 radical (unpaired) electrons. The number of aryl methyl sites for hydroxylation is 4. The molecule has 0 aliphatic heterocycles. The van der Waals surface area contributed by atoms with Crippen molar-refractivity contribution in [2.24, 2.45) is 0 Å². The van der Waals surface area contributed by atoms with Crippen LogP contribution in [0.15, 0.2) is 85.2 Å². The third kappa shape index (κ3) is 10.2. The Morgan fingerprint density at radius 1 is 0.542 bits per heavy atom. The Labute approximate surface area is 354 Å². The maximum Gasteiger partial charge on any atom is 2.00 e. The van der Waals surface area contributed by atoms with E-state index in [1.54, 1.807) is 0 Å². The number of halogens is 4. The van der Waals surface area contributed by atoms with Crippen molar-refractivity contribution in [3.8, 4) is 28.0 Å². The molecule has 0 saturated carbocycles. The zero-order chi connectivity index (χ0) is 30.0. The van der Waals surface area contributed by atoms with E-state index in [4.69, 9.17) is 0 Å². The molecule has 5 rings (SSSR count). The maximum absolute atomic E-state index is 10.9. The van der Waals surface area contributed by atoms with Gasteiger partial charge in [0, 0.05) is 12.1 Å². The molecule has 1 N–H and O–H groups in total. The van der Waals surface area contributed by atoms with E-state index in [1.807, 2.05) is 74.8 Å². The van der Waals surface area contributed by atoms with Crippen LogP contribution in [0.5, 0.6) is 5.75 Å². The fraction of sp³-hybridized carbons (Fsp3) is 0.189. The Kier molecular flexibility index (Phi) is 21.7. The van der Waals surface area contributed by atoms with Crippen LogP contribution in [0.3, 0.4) is 0 Å². The Morgan fingerprint density at radius 2 is 0.875 bits per heavy atom. The van der Waals surface area contributed by atoms with Gasteiger partial charge in [-0.05, 0) is 157 Å². The number of hydrogen-bond donors (Lipinski definition) is 1. The zero-order valence-electron chi connectivity index (χ0n) is 27.6. The molecule has 11 heteroatoms. The van der Waals surface area contributed by atoms with E-state index in [0.29, 0.717) is 0 Å². The van der Waals surface area contributed by atoms with Crippen LogP contribution in [0.4, 0.5) is 23.0 Å². The smallest absolute Gasteiger partial charge is 1.00 e. The van der Waals surface area contributed by atoms with Gasteiger partial charge >= 0.3 is 52.5 Å². The average molecular weight is 1090 g/mol. The van der Waals surface area contributed by atoms with Crippen LogP contribution in [0, 0.1) is 34.6 Å². The summed E-state index contributed by atoms with van der Waals surface area (Å²) in [7, 11) is 0. The molecule has 0 amide bonds. The predicted molar refractivity (Wildman–Crippen MR) is 178 cm³/mol. The van der Waals surface area contributed by atoms with E-state index in [1.165, 1.54) is 0 Å². The zero-order valence-corrected chi connectivity index (χ0v) is 37.1. The fourth-order valence-electron chi connectivity index (χ4n) is 6.03. The first-order valence-electron chi connectivity index (χ1n) is 14.3. The Hall–Kier alpha value is -1.66. The van der Waals surface area contributed by atoms with E-state index in [0.717, 1.165) is 73.1 Å². The first-order valence-corrected chi connectivity index (χ1v) is 14.3. The molecule has 0 aliphatic rings. The van der Waals surface area contributed by atoms with E-state index >= 15 is 0 Å².